The van der Waals surface area contributed by atoms with Gasteiger partial charge in [-0.05, 0) is 45.7 Å². The van der Waals surface area contributed by atoms with Crippen molar-refractivity contribution >= 4 is 5.91 Å². The topological polar surface area (TPSA) is 20.3 Å². The number of nitrogens with zero attached hydrogens (tertiary/aromatic N) is 1. The Labute approximate surface area is 105 Å². The van der Waals surface area contributed by atoms with E-state index >= 15 is 0 Å². The molecule has 94 valence electrons. The molecule has 2 nitrogen and oxygen atoms in total. The van der Waals surface area contributed by atoms with Gasteiger partial charge >= 0.3 is 0 Å². The monoisotopic (exact) mass is 233 g/mol. The Kier molecular flexibility index (Phi) is 4.73. The lowest BCUT2D eigenvalue weighted by molar-refractivity contribution is -0.134. The van der Waals surface area contributed by atoms with Crippen LogP contribution in [0.3, 0.4) is 0 Å². The molecule has 0 aliphatic rings. The number of rotatable bonds is 4. The third-order valence-corrected chi connectivity index (χ3v) is 3.00. The van der Waals surface area contributed by atoms with E-state index in [1.165, 1.54) is 5.56 Å². The Balaban J connectivity index is 2.81. The van der Waals surface area contributed by atoms with Crippen molar-refractivity contribution in [3.05, 3.63) is 35.4 Å². The van der Waals surface area contributed by atoms with Gasteiger partial charge in [-0.3, -0.25) is 4.79 Å². The minimum atomic E-state index is 0.212. The largest absolute Gasteiger partial charge is 0.338 e. The van der Waals surface area contributed by atoms with Crippen molar-refractivity contribution < 1.29 is 4.79 Å². The Morgan fingerprint density at radius 2 is 1.65 bits per heavy atom. The van der Waals surface area contributed by atoms with Gasteiger partial charge in [-0.25, -0.2) is 0 Å². The number of carbonyl (C=O) groups is 1. The normalized spacial score (nSPS) is 11.0. The van der Waals surface area contributed by atoms with Gasteiger partial charge < -0.3 is 4.90 Å². The summed E-state index contributed by atoms with van der Waals surface area (Å²) in [4.78, 5) is 14.2. The van der Waals surface area contributed by atoms with Crippen LogP contribution in [0.5, 0.6) is 0 Å². The molecule has 0 fully saturated rings. The van der Waals surface area contributed by atoms with Crippen molar-refractivity contribution in [3.8, 4) is 0 Å². The lowest BCUT2D eigenvalue weighted by atomic mass is 10.0. The fourth-order valence-electron chi connectivity index (χ4n) is 2.23. The average Bonchev–Trinajstić information content (AvgIpc) is 2.20. The van der Waals surface area contributed by atoms with E-state index in [-0.39, 0.29) is 18.0 Å². The van der Waals surface area contributed by atoms with Crippen LogP contribution in [0.15, 0.2) is 24.3 Å². The molecule has 1 aromatic carbocycles. The van der Waals surface area contributed by atoms with E-state index in [1.807, 2.05) is 23.1 Å². The van der Waals surface area contributed by atoms with Gasteiger partial charge in [-0.15, -0.1) is 0 Å². The quantitative estimate of drug-likeness (QED) is 0.782. The van der Waals surface area contributed by atoms with Gasteiger partial charge in [-0.1, -0.05) is 24.3 Å². The van der Waals surface area contributed by atoms with Gasteiger partial charge in [0.25, 0.3) is 0 Å². The molecule has 1 amide bonds. The summed E-state index contributed by atoms with van der Waals surface area (Å²) in [5.74, 6) is 0.212. The number of carbonyl (C=O) groups excluding carboxylic acids is 1. The molecule has 0 heterocycles. The standard InChI is InChI=1S/C15H23NO/c1-11(2)16(12(3)4)15(17)10-14-9-7-6-8-13(14)5/h6-9,11-12H,10H2,1-5H3. The third-order valence-electron chi connectivity index (χ3n) is 3.00. The van der Waals surface area contributed by atoms with Gasteiger partial charge in [0.1, 0.15) is 0 Å². The lowest BCUT2D eigenvalue weighted by Crippen LogP contribution is -2.42. The molecule has 1 aromatic rings. The molecule has 0 saturated carbocycles. The number of benzene rings is 1. The Hall–Kier alpha value is -1.31. The highest BCUT2D eigenvalue weighted by atomic mass is 16.2. The second-order valence-electron chi connectivity index (χ2n) is 5.09. The maximum Gasteiger partial charge on any atom is 0.227 e. The maximum absolute atomic E-state index is 12.3. The van der Waals surface area contributed by atoms with E-state index in [0.29, 0.717) is 6.42 Å². The summed E-state index contributed by atoms with van der Waals surface area (Å²) in [6, 6.07) is 8.60. The molecule has 0 aliphatic heterocycles. The molecule has 0 radical (unpaired) electrons. The first kappa shape index (κ1) is 13.8. The first-order valence-corrected chi connectivity index (χ1v) is 6.29. The van der Waals surface area contributed by atoms with Crippen molar-refractivity contribution in [1.82, 2.24) is 4.90 Å². The minimum absolute atomic E-state index is 0.212. The minimum Gasteiger partial charge on any atom is -0.338 e. The second-order valence-corrected chi connectivity index (χ2v) is 5.09. The van der Waals surface area contributed by atoms with Gasteiger partial charge in [0.2, 0.25) is 5.91 Å². The molecule has 0 aliphatic carbocycles. The summed E-state index contributed by atoms with van der Waals surface area (Å²) in [6.07, 6.45) is 0.503. The molecule has 0 aromatic heterocycles. The fraction of sp³-hybridized carbons (Fsp3) is 0.533. The average molecular weight is 233 g/mol. The molecular formula is C15H23NO. The van der Waals surface area contributed by atoms with Crippen molar-refractivity contribution in [3.63, 3.8) is 0 Å². The number of hydrogen-bond acceptors (Lipinski definition) is 1. The molecule has 17 heavy (non-hydrogen) atoms. The van der Waals surface area contributed by atoms with E-state index in [2.05, 4.69) is 40.7 Å². The van der Waals surface area contributed by atoms with Crippen LogP contribution in [0, 0.1) is 6.92 Å². The summed E-state index contributed by atoms with van der Waals surface area (Å²) in [5, 5.41) is 0. The van der Waals surface area contributed by atoms with Crippen LogP contribution in [-0.2, 0) is 11.2 Å². The summed E-state index contributed by atoms with van der Waals surface area (Å²) in [5.41, 5.74) is 2.32. The SMILES string of the molecule is Cc1ccccc1CC(=O)N(C(C)C)C(C)C. The van der Waals surface area contributed by atoms with Gasteiger partial charge in [-0.2, -0.15) is 0 Å². The highest BCUT2D eigenvalue weighted by Crippen LogP contribution is 2.12. The molecule has 0 unspecified atom stereocenters. The zero-order valence-electron chi connectivity index (χ0n) is 11.5. The highest BCUT2D eigenvalue weighted by Gasteiger charge is 2.20. The fourth-order valence-corrected chi connectivity index (χ4v) is 2.23. The number of amides is 1. The van der Waals surface area contributed by atoms with E-state index in [0.717, 1.165) is 5.56 Å². The van der Waals surface area contributed by atoms with Crippen LogP contribution in [0.1, 0.15) is 38.8 Å². The van der Waals surface area contributed by atoms with Crippen LogP contribution in [-0.4, -0.2) is 22.9 Å². The van der Waals surface area contributed by atoms with Crippen molar-refractivity contribution in [1.29, 1.82) is 0 Å². The lowest BCUT2D eigenvalue weighted by Gasteiger charge is -2.31. The van der Waals surface area contributed by atoms with Gasteiger partial charge in [0, 0.05) is 12.1 Å². The molecule has 0 N–H and O–H groups in total. The summed E-state index contributed by atoms with van der Waals surface area (Å²) in [6.45, 7) is 10.3. The van der Waals surface area contributed by atoms with E-state index in [1.54, 1.807) is 0 Å². The van der Waals surface area contributed by atoms with E-state index < -0.39 is 0 Å². The van der Waals surface area contributed by atoms with E-state index in [4.69, 9.17) is 0 Å². The van der Waals surface area contributed by atoms with E-state index in [9.17, 15) is 4.79 Å². The van der Waals surface area contributed by atoms with Crippen LogP contribution >= 0.6 is 0 Å². The first-order valence-electron chi connectivity index (χ1n) is 6.29. The zero-order chi connectivity index (χ0) is 13.0. The highest BCUT2D eigenvalue weighted by molar-refractivity contribution is 5.79. The summed E-state index contributed by atoms with van der Waals surface area (Å²) in [7, 11) is 0. The Morgan fingerprint density at radius 1 is 1.12 bits per heavy atom. The Morgan fingerprint density at radius 3 is 2.12 bits per heavy atom. The maximum atomic E-state index is 12.3. The summed E-state index contributed by atoms with van der Waals surface area (Å²) < 4.78 is 0. The van der Waals surface area contributed by atoms with Crippen LogP contribution in [0.4, 0.5) is 0 Å². The first-order chi connectivity index (χ1) is 7.93. The molecule has 0 bridgehead atoms. The Bertz CT molecular complexity index is 374. The predicted molar refractivity (Wildman–Crippen MR) is 72.0 cm³/mol. The molecular weight excluding hydrogens is 210 g/mol. The predicted octanol–water partition coefficient (Wildman–Crippen LogP) is 3.18. The molecule has 0 spiro atoms. The third kappa shape index (κ3) is 3.58. The molecule has 0 saturated heterocycles. The smallest absolute Gasteiger partial charge is 0.227 e. The second kappa shape index (κ2) is 5.85. The zero-order valence-corrected chi connectivity index (χ0v) is 11.5. The molecule has 0 atom stereocenters. The molecule has 2 heteroatoms. The number of aryl methyl sites for hydroxylation is 1. The van der Waals surface area contributed by atoms with Crippen molar-refractivity contribution in [2.75, 3.05) is 0 Å². The number of hydrogen-bond donors (Lipinski definition) is 0. The van der Waals surface area contributed by atoms with Crippen molar-refractivity contribution in [2.24, 2.45) is 0 Å². The van der Waals surface area contributed by atoms with Crippen LogP contribution in [0.2, 0.25) is 0 Å². The van der Waals surface area contributed by atoms with Gasteiger partial charge in [0.05, 0.1) is 6.42 Å². The van der Waals surface area contributed by atoms with Gasteiger partial charge in [0.15, 0.2) is 0 Å². The van der Waals surface area contributed by atoms with Crippen LogP contribution < -0.4 is 0 Å². The molecule has 1 rings (SSSR count). The van der Waals surface area contributed by atoms with Crippen molar-refractivity contribution in [2.45, 2.75) is 53.1 Å². The summed E-state index contributed by atoms with van der Waals surface area (Å²) >= 11 is 0. The van der Waals surface area contributed by atoms with Crippen LogP contribution in [0.25, 0.3) is 0 Å².